The average Bonchev–Trinajstić information content (AvgIpc) is 3.21. The number of amides is 1. The Hall–Kier alpha value is -4.00. The molecule has 0 aliphatic heterocycles. The van der Waals surface area contributed by atoms with Crippen LogP contribution in [0.1, 0.15) is 10.5 Å². The molecule has 0 aliphatic rings. The summed E-state index contributed by atoms with van der Waals surface area (Å²) in [6, 6.07) is 16.3. The first kappa shape index (κ1) is 17.4. The summed E-state index contributed by atoms with van der Waals surface area (Å²) in [7, 11) is 0. The van der Waals surface area contributed by atoms with Gasteiger partial charge in [0.05, 0.1) is 12.5 Å². The average molecular weight is 374 g/mol. The van der Waals surface area contributed by atoms with Gasteiger partial charge >= 0.3 is 0 Å². The second-order valence-electron chi connectivity index (χ2n) is 5.89. The Morgan fingerprint density at radius 1 is 0.893 bits per heavy atom. The third kappa shape index (κ3) is 3.88. The Morgan fingerprint density at radius 3 is 2.29 bits per heavy atom. The SMILES string of the molecule is O=C(Nc1ccc(Oc2ccncc2)cc1)c1cncn1-c1ccc(F)cc1. The van der Waals surface area contributed by atoms with Crippen molar-refractivity contribution < 1.29 is 13.9 Å². The number of anilines is 1. The number of nitrogens with zero attached hydrogens (tertiary/aromatic N) is 3. The minimum atomic E-state index is -0.344. The second-order valence-corrected chi connectivity index (χ2v) is 5.89. The minimum Gasteiger partial charge on any atom is -0.457 e. The van der Waals surface area contributed by atoms with E-state index in [1.807, 2.05) is 0 Å². The summed E-state index contributed by atoms with van der Waals surface area (Å²) in [4.78, 5) is 20.6. The van der Waals surface area contributed by atoms with Crippen molar-refractivity contribution in [2.75, 3.05) is 5.32 Å². The summed E-state index contributed by atoms with van der Waals surface area (Å²) < 4.78 is 20.4. The van der Waals surface area contributed by atoms with Crippen LogP contribution in [-0.4, -0.2) is 20.4 Å². The zero-order valence-electron chi connectivity index (χ0n) is 14.6. The van der Waals surface area contributed by atoms with E-state index in [2.05, 4.69) is 15.3 Å². The van der Waals surface area contributed by atoms with Crippen LogP contribution in [0.5, 0.6) is 11.5 Å². The van der Waals surface area contributed by atoms with Gasteiger partial charge in [-0.15, -0.1) is 0 Å². The molecule has 2 aromatic carbocycles. The predicted octanol–water partition coefficient (Wildman–Crippen LogP) is 4.45. The largest absolute Gasteiger partial charge is 0.457 e. The molecule has 0 fully saturated rings. The molecule has 2 heterocycles. The van der Waals surface area contributed by atoms with Crippen LogP contribution >= 0.6 is 0 Å². The number of hydrogen-bond donors (Lipinski definition) is 1. The fraction of sp³-hybridized carbons (Fsp3) is 0. The number of imidazole rings is 1. The third-order valence-corrected chi connectivity index (χ3v) is 3.97. The third-order valence-electron chi connectivity index (χ3n) is 3.97. The Labute approximate surface area is 160 Å². The van der Waals surface area contributed by atoms with E-state index in [1.54, 1.807) is 65.5 Å². The highest BCUT2D eigenvalue weighted by Gasteiger charge is 2.13. The van der Waals surface area contributed by atoms with E-state index in [4.69, 9.17) is 4.74 Å². The molecule has 0 aliphatic carbocycles. The molecular formula is C21H15FN4O2. The van der Waals surface area contributed by atoms with Gasteiger partial charge in [0.25, 0.3) is 5.91 Å². The molecule has 0 spiro atoms. The second kappa shape index (κ2) is 7.71. The number of nitrogens with one attached hydrogen (secondary N) is 1. The van der Waals surface area contributed by atoms with Crippen LogP contribution in [0.2, 0.25) is 0 Å². The van der Waals surface area contributed by atoms with Crippen LogP contribution in [0.15, 0.2) is 85.6 Å². The number of pyridine rings is 1. The fourth-order valence-corrected chi connectivity index (χ4v) is 2.61. The van der Waals surface area contributed by atoms with E-state index in [-0.39, 0.29) is 11.7 Å². The summed E-state index contributed by atoms with van der Waals surface area (Å²) in [6.45, 7) is 0. The van der Waals surface area contributed by atoms with Gasteiger partial charge < -0.3 is 10.1 Å². The van der Waals surface area contributed by atoms with Gasteiger partial charge in [-0.3, -0.25) is 14.3 Å². The number of ether oxygens (including phenoxy) is 1. The molecular weight excluding hydrogens is 359 g/mol. The van der Waals surface area contributed by atoms with Crippen molar-refractivity contribution in [1.82, 2.24) is 14.5 Å². The number of hydrogen-bond acceptors (Lipinski definition) is 4. The summed E-state index contributed by atoms with van der Waals surface area (Å²) in [5, 5.41) is 2.82. The van der Waals surface area contributed by atoms with Crippen LogP contribution in [0.4, 0.5) is 10.1 Å². The lowest BCUT2D eigenvalue weighted by Crippen LogP contribution is -2.16. The molecule has 0 radical (unpaired) electrons. The maximum atomic E-state index is 13.1. The molecule has 2 aromatic heterocycles. The smallest absolute Gasteiger partial charge is 0.274 e. The van der Waals surface area contributed by atoms with Crippen molar-refractivity contribution in [3.63, 3.8) is 0 Å². The zero-order valence-corrected chi connectivity index (χ0v) is 14.6. The summed E-state index contributed by atoms with van der Waals surface area (Å²) >= 11 is 0. The van der Waals surface area contributed by atoms with Crippen molar-refractivity contribution in [3.05, 3.63) is 97.1 Å². The normalized spacial score (nSPS) is 10.5. The van der Waals surface area contributed by atoms with E-state index in [9.17, 15) is 9.18 Å². The van der Waals surface area contributed by atoms with Gasteiger partial charge in [-0.05, 0) is 60.7 Å². The molecule has 7 heteroatoms. The van der Waals surface area contributed by atoms with Gasteiger partial charge in [0.2, 0.25) is 0 Å². The highest BCUT2D eigenvalue weighted by molar-refractivity contribution is 6.03. The van der Waals surface area contributed by atoms with Crippen molar-refractivity contribution in [1.29, 1.82) is 0 Å². The van der Waals surface area contributed by atoms with Crippen LogP contribution in [-0.2, 0) is 0 Å². The van der Waals surface area contributed by atoms with Gasteiger partial charge in [0.15, 0.2) is 0 Å². The quantitative estimate of drug-likeness (QED) is 0.560. The van der Waals surface area contributed by atoms with Crippen molar-refractivity contribution in [2.45, 2.75) is 0 Å². The maximum absolute atomic E-state index is 13.1. The van der Waals surface area contributed by atoms with E-state index in [0.717, 1.165) is 0 Å². The van der Waals surface area contributed by atoms with E-state index in [1.165, 1.54) is 24.7 Å². The van der Waals surface area contributed by atoms with Gasteiger partial charge in [-0.1, -0.05) is 0 Å². The molecule has 4 aromatic rings. The number of carbonyl (C=O) groups is 1. The highest BCUT2D eigenvalue weighted by atomic mass is 19.1. The fourth-order valence-electron chi connectivity index (χ4n) is 2.61. The maximum Gasteiger partial charge on any atom is 0.274 e. The van der Waals surface area contributed by atoms with Gasteiger partial charge in [0.1, 0.15) is 23.0 Å². The number of halogens is 1. The minimum absolute atomic E-state index is 0.329. The van der Waals surface area contributed by atoms with Gasteiger partial charge in [-0.2, -0.15) is 0 Å². The molecule has 0 unspecified atom stereocenters. The van der Waals surface area contributed by atoms with Crippen LogP contribution in [0, 0.1) is 5.82 Å². The number of benzene rings is 2. The highest BCUT2D eigenvalue weighted by Crippen LogP contribution is 2.22. The predicted molar refractivity (Wildman–Crippen MR) is 102 cm³/mol. The molecule has 0 saturated heterocycles. The molecule has 4 rings (SSSR count). The van der Waals surface area contributed by atoms with Crippen molar-refractivity contribution in [2.24, 2.45) is 0 Å². The number of rotatable bonds is 5. The van der Waals surface area contributed by atoms with Gasteiger partial charge in [-0.25, -0.2) is 9.37 Å². The lowest BCUT2D eigenvalue weighted by atomic mass is 10.2. The lowest BCUT2D eigenvalue weighted by molar-refractivity contribution is 0.102. The Kier molecular flexibility index (Phi) is 4.79. The summed E-state index contributed by atoms with van der Waals surface area (Å²) in [5.74, 6) is 0.643. The van der Waals surface area contributed by atoms with E-state index >= 15 is 0 Å². The first-order valence-corrected chi connectivity index (χ1v) is 8.46. The topological polar surface area (TPSA) is 69.0 Å². The molecule has 0 bridgehead atoms. The number of carbonyl (C=O) groups excluding carboxylic acids is 1. The molecule has 0 saturated carbocycles. The van der Waals surface area contributed by atoms with Crippen molar-refractivity contribution in [3.8, 4) is 17.2 Å². The summed E-state index contributed by atoms with van der Waals surface area (Å²) in [5.41, 5.74) is 1.59. The molecule has 0 atom stereocenters. The van der Waals surface area contributed by atoms with Crippen LogP contribution in [0.3, 0.4) is 0 Å². The van der Waals surface area contributed by atoms with Crippen LogP contribution in [0.25, 0.3) is 5.69 Å². The standard InChI is InChI=1S/C21H15FN4O2/c22-15-1-5-17(6-2-15)26-14-24-13-20(26)21(27)25-16-3-7-18(8-4-16)28-19-9-11-23-12-10-19/h1-14H,(H,25,27). The number of aromatic nitrogens is 3. The zero-order chi connectivity index (χ0) is 19.3. The first-order valence-electron chi connectivity index (χ1n) is 8.46. The van der Waals surface area contributed by atoms with E-state index < -0.39 is 0 Å². The molecule has 138 valence electrons. The summed E-state index contributed by atoms with van der Waals surface area (Å²) in [6.07, 6.45) is 6.26. The Bertz CT molecular complexity index is 1080. The Balaban J connectivity index is 1.47. The molecule has 1 amide bonds. The molecule has 1 N–H and O–H groups in total. The van der Waals surface area contributed by atoms with Gasteiger partial charge in [0, 0.05) is 23.8 Å². The van der Waals surface area contributed by atoms with Crippen molar-refractivity contribution >= 4 is 11.6 Å². The monoisotopic (exact) mass is 374 g/mol. The van der Waals surface area contributed by atoms with Crippen LogP contribution < -0.4 is 10.1 Å². The Morgan fingerprint density at radius 2 is 1.57 bits per heavy atom. The molecule has 6 nitrogen and oxygen atoms in total. The first-order chi connectivity index (χ1) is 13.7. The lowest BCUT2D eigenvalue weighted by Gasteiger charge is -2.10. The van der Waals surface area contributed by atoms with E-state index in [0.29, 0.717) is 28.6 Å². The molecule has 28 heavy (non-hydrogen) atoms.